The summed E-state index contributed by atoms with van der Waals surface area (Å²) in [5.74, 6) is 0. The third kappa shape index (κ3) is 3.94. The Hall–Kier alpha value is -0.237. The van der Waals surface area contributed by atoms with E-state index in [1.807, 2.05) is 0 Å². The van der Waals surface area contributed by atoms with Gasteiger partial charge in [-0.2, -0.15) is 0 Å². The molecule has 0 aromatic rings. The van der Waals surface area contributed by atoms with Crippen molar-refractivity contribution in [2.45, 2.75) is 48.0 Å². The van der Waals surface area contributed by atoms with E-state index in [4.69, 9.17) is 0 Å². The van der Waals surface area contributed by atoms with E-state index in [2.05, 4.69) is 56.2 Å². The Labute approximate surface area is 146 Å². The van der Waals surface area contributed by atoms with Crippen LogP contribution in [0.1, 0.15) is 48.0 Å². The van der Waals surface area contributed by atoms with Crippen molar-refractivity contribution in [1.82, 2.24) is 14.7 Å². The number of hydrogen-bond donors (Lipinski definition) is 0. The number of hydrogen-bond acceptors (Lipinski definition) is 3. The van der Waals surface area contributed by atoms with Gasteiger partial charge in [-0.1, -0.05) is 0 Å². The fourth-order valence-electron chi connectivity index (χ4n) is 3.23. The van der Waals surface area contributed by atoms with Gasteiger partial charge in [0, 0.05) is 0 Å². The van der Waals surface area contributed by atoms with E-state index in [-0.39, 0.29) is 0 Å². The van der Waals surface area contributed by atoms with E-state index < -0.39 is 0 Å². The van der Waals surface area contributed by atoms with Crippen LogP contribution in [0.4, 0.5) is 0 Å². The molecule has 0 spiro atoms. The molecule has 1 aliphatic carbocycles. The van der Waals surface area contributed by atoms with E-state index in [0.717, 1.165) is 45.7 Å². The maximum atomic E-state index is 2.55. The standard InChI is InChI=1S/C17H32N3.Zr/c1-7-18(8-2)15-13-14-16(19(9-3)10-4)17(15)20(11-5)12-6;/h7-13H2,1-6H3;. The number of likely N-dealkylation sites (N-methyl/N-ethyl adjacent to an activating group) is 2. The van der Waals surface area contributed by atoms with Gasteiger partial charge < -0.3 is 0 Å². The van der Waals surface area contributed by atoms with E-state index in [1.165, 1.54) is 11.4 Å². The first-order valence-electron chi connectivity index (χ1n) is 8.52. The van der Waals surface area contributed by atoms with Crippen LogP contribution in [0, 0.1) is 0 Å². The van der Waals surface area contributed by atoms with Crippen molar-refractivity contribution in [2.75, 3.05) is 39.3 Å². The van der Waals surface area contributed by atoms with Crippen molar-refractivity contribution in [2.24, 2.45) is 0 Å². The first-order valence-corrected chi connectivity index (χ1v) is 9.75. The molecule has 1 rings (SSSR count). The molecule has 0 amide bonds. The Morgan fingerprint density at radius 2 is 1.05 bits per heavy atom. The second kappa shape index (κ2) is 9.03. The molecule has 0 unspecified atom stereocenters. The van der Waals surface area contributed by atoms with Crippen molar-refractivity contribution >= 4 is 0 Å². The van der Waals surface area contributed by atoms with E-state index in [9.17, 15) is 0 Å². The van der Waals surface area contributed by atoms with Crippen LogP contribution in [-0.4, -0.2) is 54.0 Å². The van der Waals surface area contributed by atoms with Crippen molar-refractivity contribution in [3.8, 4) is 0 Å². The van der Waals surface area contributed by atoms with Gasteiger partial charge in [0.2, 0.25) is 0 Å². The molecule has 0 saturated carbocycles. The van der Waals surface area contributed by atoms with Gasteiger partial charge in [0.15, 0.2) is 0 Å². The Balaban J connectivity index is 3.35. The Morgan fingerprint density at radius 3 is 1.43 bits per heavy atom. The first-order chi connectivity index (χ1) is 10.1. The van der Waals surface area contributed by atoms with E-state index in [0.29, 0.717) is 0 Å². The minimum atomic E-state index is 1.09. The molecular formula is C17H32N3Zr. The molecule has 0 radical (unpaired) electrons. The molecule has 0 aliphatic heterocycles. The average molecular weight is 370 g/mol. The van der Waals surface area contributed by atoms with Crippen LogP contribution in [0.2, 0.25) is 0 Å². The van der Waals surface area contributed by atoms with Gasteiger partial charge in [-0.15, -0.1) is 0 Å². The van der Waals surface area contributed by atoms with Crippen molar-refractivity contribution in [3.05, 3.63) is 20.4 Å². The first kappa shape index (κ1) is 18.8. The molecule has 0 aromatic heterocycles. The molecular weight excluding hydrogens is 337 g/mol. The fourth-order valence-corrected chi connectivity index (χ4v) is 4.33. The molecule has 3 nitrogen and oxygen atoms in total. The summed E-state index contributed by atoms with van der Waals surface area (Å²) in [7, 11) is 0. The molecule has 119 valence electrons. The topological polar surface area (TPSA) is 9.72 Å². The molecule has 0 atom stereocenters. The minimum absolute atomic E-state index is 1.09. The molecule has 0 fully saturated rings. The molecule has 1 aliphatic rings. The van der Waals surface area contributed by atoms with Gasteiger partial charge >= 0.3 is 147 Å². The molecule has 0 bridgehead atoms. The van der Waals surface area contributed by atoms with Crippen LogP contribution >= 0.6 is 0 Å². The van der Waals surface area contributed by atoms with Crippen LogP contribution < -0.4 is 0 Å². The SMILES string of the molecule is CCN(CC)C1=C(N(CC)CC)C(N(CC)CC)=[C]([Zr])C1. The van der Waals surface area contributed by atoms with Gasteiger partial charge in [-0.05, 0) is 0 Å². The van der Waals surface area contributed by atoms with Crippen molar-refractivity contribution in [1.29, 1.82) is 0 Å². The summed E-state index contributed by atoms with van der Waals surface area (Å²) in [6.07, 6.45) is 1.15. The van der Waals surface area contributed by atoms with Gasteiger partial charge in [0.25, 0.3) is 0 Å². The summed E-state index contributed by atoms with van der Waals surface area (Å²) in [4.78, 5) is 7.65. The van der Waals surface area contributed by atoms with Crippen LogP contribution in [0.5, 0.6) is 0 Å². The zero-order valence-corrected chi connectivity index (χ0v) is 17.2. The summed E-state index contributed by atoms with van der Waals surface area (Å²) in [6, 6.07) is 0. The monoisotopic (exact) mass is 368 g/mol. The van der Waals surface area contributed by atoms with Gasteiger partial charge in [0.05, 0.1) is 0 Å². The van der Waals surface area contributed by atoms with Crippen LogP contribution in [0.3, 0.4) is 0 Å². The summed E-state index contributed by atoms with van der Waals surface area (Å²) in [6.45, 7) is 20.2. The number of rotatable bonds is 9. The number of nitrogens with zero attached hydrogens (tertiary/aromatic N) is 3. The molecule has 21 heavy (non-hydrogen) atoms. The summed E-state index contributed by atoms with van der Waals surface area (Å²) in [5, 5.41) is 0. The molecule has 0 saturated heterocycles. The molecule has 4 heteroatoms. The fraction of sp³-hybridized carbons (Fsp3) is 0.765. The van der Waals surface area contributed by atoms with Gasteiger partial charge in [-0.25, -0.2) is 0 Å². The predicted octanol–water partition coefficient (Wildman–Crippen LogP) is 3.39. The Morgan fingerprint density at radius 1 is 0.667 bits per heavy atom. The second-order valence-electron chi connectivity index (χ2n) is 5.32. The van der Waals surface area contributed by atoms with Crippen LogP contribution in [-0.2, 0) is 24.7 Å². The third-order valence-electron chi connectivity index (χ3n) is 4.43. The Kier molecular flexibility index (Phi) is 8.09. The third-order valence-corrected chi connectivity index (χ3v) is 5.45. The summed E-state index contributed by atoms with van der Waals surface area (Å²) in [5.41, 5.74) is 4.60. The molecule has 0 aromatic carbocycles. The predicted molar refractivity (Wildman–Crippen MR) is 87.4 cm³/mol. The number of allylic oxidation sites excluding steroid dienone is 1. The van der Waals surface area contributed by atoms with Crippen molar-refractivity contribution < 1.29 is 24.7 Å². The summed E-state index contributed by atoms with van der Waals surface area (Å²) < 4.78 is 1.62. The molecule has 0 heterocycles. The second-order valence-corrected chi connectivity index (χ2v) is 6.80. The van der Waals surface area contributed by atoms with Crippen LogP contribution in [0.25, 0.3) is 0 Å². The maximum absolute atomic E-state index is 2.55. The molecule has 0 N–H and O–H groups in total. The average Bonchev–Trinajstić information content (AvgIpc) is 2.82. The van der Waals surface area contributed by atoms with Gasteiger partial charge in [0.1, 0.15) is 0 Å². The zero-order valence-electron chi connectivity index (χ0n) is 14.8. The van der Waals surface area contributed by atoms with Crippen LogP contribution in [0.15, 0.2) is 20.4 Å². The Bertz CT molecular complexity index is 389. The van der Waals surface area contributed by atoms with E-state index in [1.54, 1.807) is 33.7 Å². The summed E-state index contributed by atoms with van der Waals surface area (Å²) >= 11 is 1.57. The van der Waals surface area contributed by atoms with Crippen molar-refractivity contribution in [3.63, 3.8) is 0 Å². The zero-order chi connectivity index (χ0) is 16.0. The quantitative estimate of drug-likeness (QED) is 0.617. The normalized spacial score (nSPS) is 14.9. The van der Waals surface area contributed by atoms with E-state index >= 15 is 0 Å². The van der Waals surface area contributed by atoms with Gasteiger partial charge in [-0.3, -0.25) is 0 Å².